The number of hydrogen-bond donors (Lipinski definition) is 1. The molecule has 0 atom stereocenters. The number of anilines is 2. The van der Waals surface area contributed by atoms with Gasteiger partial charge in [0.2, 0.25) is 0 Å². The molecule has 4 heteroatoms. The summed E-state index contributed by atoms with van der Waals surface area (Å²) in [5, 5.41) is 4.00. The van der Waals surface area contributed by atoms with Crippen LogP contribution < -0.4 is 10.2 Å². The van der Waals surface area contributed by atoms with Crippen molar-refractivity contribution in [2.45, 2.75) is 26.8 Å². The molecule has 112 valence electrons. The summed E-state index contributed by atoms with van der Waals surface area (Å²) in [6, 6.07) is 12.3. The summed E-state index contributed by atoms with van der Waals surface area (Å²) in [7, 11) is 2.05. The van der Waals surface area contributed by atoms with Crippen LogP contribution in [0.25, 0.3) is 0 Å². The molecule has 21 heavy (non-hydrogen) atoms. The lowest BCUT2D eigenvalue weighted by Gasteiger charge is -2.20. The van der Waals surface area contributed by atoms with Crippen molar-refractivity contribution in [2.24, 2.45) is 0 Å². The Morgan fingerprint density at radius 1 is 1.14 bits per heavy atom. The molecular formula is C17H22ClN3. The molecule has 0 saturated carbocycles. The van der Waals surface area contributed by atoms with Crippen LogP contribution in [-0.2, 0) is 6.54 Å². The number of nitrogens with one attached hydrogen (secondary N) is 1. The molecule has 0 fully saturated rings. The lowest BCUT2D eigenvalue weighted by atomic mass is 10.2. The Morgan fingerprint density at radius 3 is 2.52 bits per heavy atom. The highest BCUT2D eigenvalue weighted by molar-refractivity contribution is 6.31. The number of pyridine rings is 1. The molecule has 0 spiro atoms. The van der Waals surface area contributed by atoms with E-state index in [-0.39, 0.29) is 0 Å². The van der Waals surface area contributed by atoms with E-state index in [1.165, 1.54) is 5.56 Å². The van der Waals surface area contributed by atoms with Gasteiger partial charge in [-0.2, -0.15) is 0 Å². The summed E-state index contributed by atoms with van der Waals surface area (Å²) in [6.07, 6.45) is 1.07. The van der Waals surface area contributed by atoms with Gasteiger partial charge in [0.05, 0.1) is 17.3 Å². The molecule has 1 heterocycles. The first-order valence-corrected chi connectivity index (χ1v) is 7.65. The monoisotopic (exact) mass is 303 g/mol. The Morgan fingerprint density at radius 2 is 1.86 bits per heavy atom. The summed E-state index contributed by atoms with van der Waals surface area (Å²) in [5.74, 6) is 0.883. The normalized spacial score (nSPS) is 10.5. The minimum Gasteiger partial charge on any atom is -0.370 e. The second-order valence-corrected chi connectivity index (χ2v) is 5.65. The molecule has 0 unspecified atom stereocenters. The van der Waals surface area contributed by atoms with Crippen LogP contribution in [0.5, 0.6) is 0 Å². The average Bonchev–Trinajstić information content (AvgIpc) is 2.48. The van der Waals surface area contributed by atoms with Crippen LogP contribution >= 0.6 is 11.6 Å². The zero-order valence-corrected chi connectivity index (χ0v) is 13.6. The number of aromatic nitrogens is 1. The highest BCUT2D eigenvalue weighted by Crippen LogP contribution is 2.21. The number of benzene rings is 1. The number of rotatable bonds is 6. The summed E-state index contributed by atoms with van der Waals surface area (Å²) in [6.45, 7) is 5.82. The topological polar surface area (TPSA) is 28.2 Å². The standard InChI is InChI=1S/C17H22ClN3/c1-4-11-19-17-10-9-15(18)16(20-17)12-21(3)14-7-5-13(2)6-8-14/h5-10H,4,11-12H2,1-3H3,(H,19,20). The smallest absolute Gasteiger partial charge is 0.126 e. The fourth-order valence-corrected chi connectivity index (χ4v) is 2.23. The highest BCUT2D eigenvalue weighted by atomic mass is 35.5. The van der Waals surface area contributed by atoms with Crippen LogP contribution in [0.1, 0.15) is 24.6 Å². The van der Waals surface area contributed by atoms with Crippen molar-refractivity contribution < 1.29 is 0 Å². The molecule has 3 nitrogen and oxygen atoms in total. The van der Waals surface area contributed by atoms with Gasteiger partial charge in [-0.3, -0.25) is 0 Å². The van der Waals surface area contributed by atoms with E-state index in [9.17, 15) is 0 Å². The minimum atomic E-state index is 0.684. The second-order valence-electron chi connectivity index (χ2n) is 5.24. The van der Waals surface area contributed by atoms with Crippen LogP contribution in [0, 0.1) is 6.92 Å². The van der Waals surface area contributed by atoms with E-state index in [1.807, 2.05) is 12.1 Å². The van der Waals surface area contributed by atoms with Gasteiger partial charge in [-0.25, -0.2) is 4.98 Å². The van der Waals surface area contributed by atoms with Crippen molar-refractivity contribution >= 4 is 23.1 Å². The van der Waals surface area contributed by atoms with E-state index in [0.717, 1.165) is 30.2 Å². The number of aryl methyl sites for hydroxylation is 1. The van der Waals surface area contributed by atoms with Crippen molar-refractivity contribution in [2.75, 3.05) is 23.8 Å². The van der Waals surface area contributed by atoms with Crippen LogP contribution in [0.2, 0.25) is 5.02 Å². The number of hydrogen-bond acceptors (Lipinski definition) is 3. The van der Waals surface area contributed by atoms with E-state index in [1.54, 1.807) is 0 Å². The third kappa shape index (κ3) is 4.36. The number of nitrogens with zero attached hydrogens (tertiary/aromatic N) is 2. The summed E-state index contributed by atoms with van der Waals surface area (Å²) in [4.78, 5) is 6.76. The van der Waals surface area contributed by atoms with E-state index in [4.69, 9.17) is 11.6 Å². The van der Waals surface area contributed by atoms with Crippen molar-refractivity contribution in [1.29, 1.82) is 0 Å². The molecule has 0 bridgehead atoms. The van der Waals surface area contributed by atoms with E-state index in [2.05, 4.69) is 60.4 Å². The first-order chi connectivity index (χ1) is 10.1. The van der Waals surface area contributed by atoms with Gasteiger partial charge in [-0.05, 0) is 37.6 Å². The van der Waals surface area contributed by atoms with Gasteiger partial charge < -0.3 is 10.2 Å². The summed E-state index contributed by atoms with van der Waals surface area (Å²) < 4.78 is 0. The van der Waals surface area contributed by atoms with Crippen molar-refractivity contribution in [3.05, 3.63) is 52.7 Å². The Balaban J connectivity index is 2.12. The van der Waals surface area contributed by atoms with Crippen LogP contribution in [0.15, 0.2) is 36.4 Å². The quantitative estimate of drug-likeness (QED) is 0.851. The first kappa shape index (κ1) is 15.6. The second kappa shape index (κ2) is 7.32. The largest absolute Gasteiger partial charge is 0.370 e. The maximum atomic E-state index is 6.27. The maximum Gasteiger partial charge on any atom is 0.126 e. The molecular weight excluding hydrogens is 282 g/mol. The Bertz CT molecular complexity index is 581. The molecule has 0 aliphatic rings. The molecule has 0 aliphatic carbocycles. The fourth-order valence-electron chi connectivity index (χ4n) is 2.06. The van der Waals surface area contributed by atoms with Crippen LogP contribution in [0.3, 0.4) is 0 Å². The summed E-state index contributed by atoms with van der Waals surface area (Å²) >= 11 is 6.27. The molecule has 0 saturated heterocycles. The van der Waals surface area contributed by atoms with Gasteiger partial charge in [0.25, 0.3) is 0 Å². The molecule has 1 aromatic heterocycles. The minimum absolute atomic E-state index is 0.684. The van der Waals surface area contributed by atoms with Crippen molar-refractivity contribution in [3.63, 3.8) is 0 Å². The predicted molar refractivity (Wildman–Crippen MR) is 91.3 cm³/mol. The third-order valence-electron chi connectivity index (χ3n) is 3.34. The lowest BCUT2D eigenvalue weighted by Crippen LogP contribution is -2.18. The first-order valence-electron chi connectivity index (χ1n) is 7.27. The van der Waals surface area contributed by atoms with E-state index < -0.39 is 0 Å². The average molecular weight is 304 g/mol. The molecule has 0 radical (unpaired) electrons. The Labute approximate surface area is 132 Å². The molecule has 2 aromatic rings. The van der Waals surface area contributed by atoms with E-state index in [0.29, 0.717) is 11.6 Å². The third-order valence-corrected chi connectivity index (χ3v) is 3.68. The van der Waals surface area contributed by atoms with Crippen molar-refractivity contribution in [3.8, 4) is 0 Å². The van der Waals surface area contributed by atoms with Crippen LogP contribution in [0.4, 0.5) is 11.5 Å². The summed E-state index contributed by atoms with van der Waals surface area (Å²) in [5.41, 5.74) is 3.31. The number of halogens is 1. The van der Waals surface area contributed by atoms with Gasteiger partial charge in [-0.1, -0.05) is 36.2 Å². The van der Waals surface area contributed by atoms with Crippen molar-refractivity contribution in [1.82, 2.24) is 4.98 Å². The van der Waals surface area contributed by atoms with Gasteiger partial charge >= 0.3 is 0 Å². The van der Waals surface area contributed by atoms with E-state index >= 15 is 0 Å². The maximum absolute atomic E-state index is 6.27. The zero-order chi connectivity index (χ0) is 15.2. The molecule has 1 N–H and O–H groups in total. The lowest BCUT2D eigenvalue weighted by molar-refractivity contribution is 0.880. The molecule has 2 rings (SSSR count). The van der Waals surface area contributed by atoms with Gasteiger partial charge in [0, 0.05) is 19.3 Å². The zero-order valence-electron chi connectivity index (χ0n) is 12.9. The molecule has 1 aromatic carbocycles. The predicted octanol–water partition coefficient (Wildman–Crippen LogP) is 4.50. The molecule has 0 amide bonds. The highest BCUT2D eigenvalue weighted by Gasteiger charge is 2.08. The Kier molecular flexibility index (Phi) is 5.45. The molecule has 0 aliphatic heterocycles. The SMILES string of the molecule is CCCNc1ccc(Cl)c(CN(C)c2ccc(C)cc2)n1. The van der Waals surface area contributed by atoms with Crippen LogP contribution in [-0.4, -0.2) is 18.6 Å². The van der Waals surface area contributed by atoms with Gasteiger partial charge in [-0.15, -0.1) is 0 Å². The van der Waals surface area contributed by atoms with Gasteiger partial charge in [0.1, 0.15) is 5.82 Å². The fraction of sp³-hybridized carbons (Fsp3) is 0.353. The van der Waals surface area contributed by atoms with Gasteiger partial charge in [0.15, 0.2) is 0 Å². The Hall–Kier alpha value is -1.74.